The Hall–Kier alpha value is 0.180. The van der Waals surface area contributed by atoms with Crippen LogP contribution in [-0.2, 0) is 32.0 Å². The summed E-state index contributed by atoms with van der Waals surface area (Å²) in [6.07, 6.45) is 1.49. The number of phosphoric acid groups is 2. The van der Waals surface area contributed by atoms with Gasteiger partial charge < -0.3 is 14.5 Å². The summed E-state index contributed by atoms with van der Waals surface area (Å²) in [5.74, 6) is 0. The molecule has 1 aliphatic heterocycles. The first-order chi connectivity index (χ1) is 11.7. The van der Waals surface area contributed by atoms with Gasteiger partial charge in [-0.3, -0.25) is 18.1 Å². The van der Waals surface area contributed by atoms with Crippen LogP contribution in [-0.4, -0.2) is 47.9 Å². The van der Waals surface area contributed by atoms with Crippen LogP contribution in [0.1, 0.15) is 52.9 Å². The molecule has 1 aliphatic rings. The van der Waals surface area contributed by atoms with E-state index < -0.39 is 27.9 Å². The number of hydrogen-bond acceptors (Lipinski definition) is 7. The molecular formula is C14H30O9P2. The van der Waals surface area contributed by atoms with E-state index in [9.17, 15) is 18.9 Å². The van der Waals surface area contributed by atoms with Crippen molar-refractivity contribution in [3.63, 3.8) is 0 Å². The first kappa shape index (κ1) is 23.2. The van der Waals surface area contributed by atoms with E-state index in [0.29, 0.717) is 19.3 Å². The van der Waals surface area contributed by atoms with Gasteiger partial charge in [-0.25, -0.2) is 9.13 Å². The summed E-state index contributed by atoms with van der Waals surface area (Å²) in [6, 6.07) is 0. The SMILES string of the molecule is CCCCOP(=O)(O)OC[C@H]1O[C@H](C)CC1OP(=O)(O)OCCCC. The Kier molecular flexibility index (Phi) is 10.3. The fourth-order valence-corrected chi connectivity index (χ4v) is 3.99. The van der Waals surface area contributed by atoms with Crippen molar-refractivity contribution in [2.24, 2.45) is 0 Å². The molecule has 25 heavy (non-hydrogen) atoms. The third-order valence-electron chi connectivity index (χ3n) is 3.56. The van der Waals surface area contributed by atoms with Crippen molar-refractivity contribution in [1.82, 2.24) is 0 Å². The molecule has 11 heteroatoms. The fraction of sp³-hybridized carbons (Fsp3) is 1.00. The molecule has 0 amide bonds. The summed E-state index contributed by atoms with van der Waals surface area (Å²) in [6.45, 7) is 5.58. The smallest absolute Gasteiger partial charge is 0.370 e. The molecule has 0 radical (unpaired) electrons. The maximum absolute atomic E-state index is 12.0. The normalized spacial score (nSPS) is 28.6. The van der Waals surface area contributed by atoms with Gasteiger partial charge in [-0.2, -0.15) is 0 Å². The van der Waals surface area contributed by atoms with Crippen molar-refractivity contribution in [2.45, 2.75) is 71.2 Å². The zero-order valence-corrected chi connectivity index (χ0v) is 16.8. The third kappa shape index (κ3) is 9.61. The van der Waals surface area contributed by atoms with Crippen molar-refractivity contribution in [3.8, 4) is 0 Å². The fourth-order valence-electron chi connectivity index (χ4n) is 2.23. The molecule has 1 fully saturated rings. The summed E-state index contributed by atoms with van der Waals surface area (Å²) in [7, 11) is -8.41. The minimum Gasteiger partial charge on any atom is -0.370 e. The van der Waals surface area contributed by atoms with Gasteiger partial charge in [0.15, 0.2) is 0 Å². The van der Waals surface area contributed by atoms with Gasteiger partial charge in [-0.05, 0) is 19.8 Å². The van der Waals surface area contributed by atoms with Crippen LogP contribution in [0.5, 0.6) is 0 Å². The van der Waals surface area contributed by atoms with Gasteiger partial charge in [0, 0.05) is 6.42 Å². The van der Waals surface area contributed by atoms with Crippen molar-refractivity contribution >= 4 is 15.6 Å². The Morgan fingerprint density at radius 1 is 1.00 bits per heavy atom. The molecule has 0 bridgehead atoms. The van der Waals surface area contributed by atoms with Gasteiger partial charge in [-0.15, -0.1) is 0 Å². The molecule has 1 saturated heterocycles. The van der Waals surface area contributed by atoms with E-state index in [1.807, 2.05) is 13.8 Å². The van der Waals surface area contributed by atoms with E-state index in [2.05, 4.69) is 0 Å². The molecule has 150 valence electrons. The second-order valence-corrected chi connectivity index (χ2v) is 8.83. The lowest BCUT2D eigenvalue weighted by Crippen LogP contribution is -2.28. The van der Waals surface area contributed by atoms with E-state index in [1.165, 1.54) is 0 Å². The zero-order valence-electron chi connectivity index (χ0n) is 15.0. The molecule has 0 aromatic carbocycles. The Balaban J connectivity index is 2.51. The Labute approximate surface area is 149 Å². The quantitative estimate of drug-likeness (QED) is 0.351. The van der Waals surface area contributed by atoms with Gasteiger partial charge in [0.1, 0.15) is 12.2 Å². The lowest BCUT2D eigenvalue weighted by molar-refractivity contribution is -0.0209. The highest BCUT2D eigenvalue weighted by atomic mass is 31.2. The lowest BCUT2D eigenvalue weighted by Gasteiger charge is -2.22. The van der Waals surface area contributed by atoms with Crippen molar-refractivity contribution in [2.75, 3.05) is 19.8 Å². The first-order valence-electron chi connectivity index (χ1n) is 8.62. The number of hydrogen-bond donors (Lipinski definition) is 2. The van der Waals surface area contributed by atoms with E-state index in [0.717, 1.165) is 12.8 Å². The van der Waals surface area contributed by atoms with Crippen LogP contribution < -0.4 is 0 Å². The van der Waals surface area contributed by atoms with Crippen molar-refractivity contribution < 1.29 is 41.7 Å². The van der Waals surface area contributed by atoms with Crippen LogP contribution in [0.15, 0.2) is 0 Å². The second-order valence-electron chi connectivity index (χ2n) is 5.97. The lowest BCUT2D eigenvalue weighted by atomic mass is 10.1. The summed E-state index contributed by atoms with van der Waals surface area (Å²) in [5, 5.41) is 0. The molecule has 5 atom stereocenters. The topological polar surface area (TPSA) is 121 Å². The van der Waals surface area contributed by atoms with Gasteiger partial charge >= 0.3 is 15.6 Å². The molecule has 0 spiro atoms. The maximum atomic E-state index is 12.0. The van der Waals surface area contributed by atoms with E-state index >= 15 is 0 Å². The van der Waals surface area contributed by atoms with E-state index in [4.69, 9.17) is 22.8 Å². The summed E-state index contributed by atoms with van der Waals surface area (Å²) in [5.41, 5.74) is 0. The van der Waals surface area contributed by atoms with Crippen LogP contribution in [0.3, 0.4) is 0 Å². The van der Waals surface area contributed by atoms with Crippen LogP contribution in [0, 0.1) is 0 Å². The average molecular weight is 404 g/mol. The number of phosphoric ester groups is 2. The zero-order chi connectivity index (χ0) is 18.9. The molecule has 3 unspecified atom stereocenters. The molecule has 1 heterocycles. The minimum absolute atomic E-state index is 0.114. The molecule has 0 aliphatic carbocycles. The molecule has 2 N–H and O–H groups in total. The van der Waals surface area contributed by atoms with E-state index in [1.54, 1.807) is 6.92 Å². The predicted octanol–water partition coefficient (Wildman–Crippen LogP) is 3.40. The predicted molar refractivity (Wildman–Crippen MR) is 91.1 cm³/mol. The Morgan fingerprint density at radius 3 is 2.12 bits per heavy atom. The standard InChI is InChI=1S/C14H30O9P2/c1-4-6-8-19-24(15,16)21-11-14-13(10-12(3)22-14)23-25(17,18)20-9-7-5-2/h12-14H,4-11H2,1-3H3,(H,15,16)(H,17,18)/t12-,13?,14-/m1/s1. The van der Waals surface area contributed by atoms with Crippen LogP contribution in [0.25, 0.3) is 0 Å². The van der Waals surface area contributed by atoms with Crippen LogP contribution in [0.4, 0.5) is 0 Å². The summed E-state index contributed by atoms with van der Waals surface area (Å²) in [4.78, 5) is 19.4. The highest BCUT2D eigenvalue weighted by Gasteiger charge is 2.40. The Morgan fingerprint density at radius 2 is 1.56 bits per heavy atom. The molecule has 0 aromatic rings. The largest absolute Gasteiger partial charge is 0.472 e. The number of ether oxygens (including phenoxy) is 1. The maximum Gasteiger partial charge on any atom is 0.472 e. The van der Waals surface area contributed by atoms with Crippen molar-refractivity contribution in [3.05, 3.63) is 0 Å². The van der Waals surface area contributed by atoms with Gasteiger partial charge in [0.25, 0.3) is 0 Å². The minimum atomic E-state index is -4.22. The monoisotopic (exact) mass is 404 g/mol. The third-order valence-corrected chi connectivity index (χ3v) is 5.59. The molecule has 0 aromatic heterocycles. The molecule has 0 saturated carbocycles. The Bertz CT molecular complexity index is 473. The van der Waals surface area contributed by atoms with Crippen LogP contribution in [0.2, 0.25) is 0 Å². The first-order valence-corrected chi connectivity index (χ1v) is 11.6. The van der Waals surface area contributed by atoms with Crippen molar-refractivity contribution in [1.29, 1.82) is 0 Å². The number of rotatable bonds is 13. The van der Waals surface area contributed by atoms with Gasteiger partial charge in [-0.1, -0.05) is 26.7 Å². The molecule has 1 rings (SSSR count). The van der Waals surface area contributed by atoms with Gasteiger partial charge in [0.05, 0.1) is 25.9 Å². The highest BCUT2D eigenvalue weighted by Crippen LogP contribution is 2.48. The number of unbranched alkanes of at least 4 members (excludes halogenated alkanes) is 2. The summed E-state index contributed by atoms with van der Waals surface area (Å²) < 4.78 is 49.1. The average Bonchev–Trinajstić information content (AvgIpc) is 2.84. The van der Waals surface area contributed by atoms with E-state index in [-0.39, 0.29) is 25.9 Å². The molecular weight excluding hydrogens is 374 g/mol. The second kappa shape index (κ2) is 11.1. The van der Waals surface area contributed by atoms with Gasteiger partial charge in [0.2, 0.25) is 0 Å². The van der Waals surface area contributed by atoms with Crippen LogP contribution >= 0.6 is 15.6 Å². The highest BCUT2D eigenvalue weighted by molar-refractivity contribution is 7.47. The molecule has 9 nitrogen and oxygen atoms in total. The summed E-state index contributed by atoms with van der Waals surface area (Å²) >= 11 is 0.